The van der Waals surface area contributed by atoms with Crippen molar-refractivity contribution in [3.05, 3.63) is 48.0 Å². The van der Waals surface area contributed by atoms with Gasteiger partial charge in [-0.1, -0.05) is 18.2 Å². The second-order valence-electron chi connectivity index (χ2n) is 12.4. The van der Waals surface area contributed by atoms with E-state index < -0.39 is 11.7 Å². The molecule has 1 N–H and O–H groups in total. The summed E-state index contributed by atoms with van der Waals surface area (Å²) in [6.07, 6.45) is 3.66. The van der Waals surface area contributed by atoms with Gasteiger partial charge in [0.1, 0.15) is 16.9 Å². The number of benzene rings is 2. The molecule has 1 aliphatic heterocycles. The Labute approximate surface area is 240 Å². The van der Waals surface area contributed by atoms with Crippen molar-refractivity contribution in [2.24, 2.45) is 13.0 Å². The number of rotatable bonds is 6. The average Bonchev–Trinajstić information content (AvgIpc) is 3.60. The summed E-state index contributed by atoms with van der Waals surface area (Å²) in [4.78, 5) is 32.9. The van der Waals surface area contributed by atoms with Crippen LogP contribution in [0.4, 0.5) is 4.79 Å². The standard InChI is InChI=1S/C32H39N5O4/c1-32(2,3)41-31(39)33-23-10-8-14-36(19-23)30(38)22-15-24-28(27(17-22)40-5)35(4)29(34-24)26-16-21-9-6-7-11-25(21)37(26)18-20-12-13-20/h6-7,9,11,15-17,20,23H,8,10,12-14,18-19H2,1-5H3,(H,33,39)/t23-/m1/s1. The molecule has 9 heteroatoms. The summed E-state index contributed by atoms with van der Waals surface area (Å²) in [5.74, 6) is 2.06. The molecule has 2 aliphatic rings. The second kappa shape index (κ2) is 10.4. The predicted molar refractivity (Wildman–Crippen MR) is 159 cm³/mol. The Morgan fingerprint density at radius 2 is 1.88 bits per heavy atom. The van der Waals surface area contributed by atoms with Gasteiger partial charge in [0.25, 0.3) is 5.91 Å². The molecule has 1 saturated heterocycles. The molecule has 4 aromatic rings. The van der Waals surface area contributed by atoms with Crippen LogP contribution in [0, 0.1) is 5.92 Å². The Morgan fingerprint density at radius 1 is 1.10 bits per heavy atom. The average molecular weight is 558 g/mol. The minimum absolute atomic E-state index is 0.101. The van der Waals surface area contributed by atoms with E-state index in [0.717, 1.165) is 36.4 Å². The van der Waals surface area contributed by atoms with Crippen LogP contribution in [-0.2, 0) is 18.3 Å². The van der Waals surface area contributed by atoms with Crippen LogP contribution in [0.3, 0.4) is 0 Å². The lowest BCUT2D eigenvalue weighted by atomic mass is 10.0. The molecule has 6 rings (SSSR count). The normalized spacial score (nSPS) is 17.7. The third kappa shape index (κ3) is 5.49. The molecular formula is C32H39N5O4. The summed E-state index contributed by atoms with van der Waals surface area (Å²) in [5, 5.41) is 4.12. The number of carbonyl (C=O) groups excluding carboxylic acids is 2. The molecule has 216 valence electrons. The van der Waals surface area contributed by atoms with Crippen molar-refractivity contribution in [1.82, 2.24) is 24.3 Å². The van der Waals surface area contributed by atoms with Gasteiger partial charge in [-0.2, -0.15) is 0 Å². The van der Waals surface area contributed by atoms with Gasteiger partial charge in [-0.05, 0) is 76.6 Å². The molecule has 0 radical (unpaired) electrons. The second-order valence-corrected chi connectivity index (χ2v) is 12.4. The summed E-state index contributed by atoms with van der Waals surface area (Å²) in [6, 6.07) is 14.2. The Bertz CT molecular complexity index is 1620. The Hall–Kier alpha value is -4.01. The van der Waals surface area contributed by atoms with Gasteiger partial charge in [0.15, 0.2) is 5.82 Å². The highest BCUT2D eigenvalue weighted by Gasteiger charge is 2.29. The molecule has 0 spiro atoms. The Balaban J connectivity index is 1.31. The smallest absolute Gasteiger partial charge is 0.407 e. The van der Waals surface area contributed by atoms with Crippen LogP contribution in [-0.4, -0.2) is 62.9 Å². The number of alkyl carbamates (subject to hydrolysis) is 1. The minimum Gasteiger partial charge on any atom is -0.494 e. The number of likely N-dealkylation sites (tertiary alicyclic amines) is 1. The summed E-state index contributed by atoms with van der Waals surface area (Å²) >= 11 is 0. The number of fused-ring (bicyclic) bond motifs is 2. The molecule has 0 bridgehead atoms. The maximum absolute atomic E-state index is 13.7. The fraction of sp³-hybridized carbons (Fsp3) is 0.469. The van der Waals surface area contributed by atoms with Crippen LogP contribution < -0.4 is 10.1 Å². The van der Waals surface area contributed by atoms with Gasteiger partial charge < -0.3 is 28.8 Å². The van der Waals surface area contributed by atoms with E-state index in [1.807, 2.05) is 33.9 Å². The number of piperidine rings is 1. The van der Waals surface area contributed by atoms with E-state index in [0.29, 0.717) is 35.8 Å². The number of hydrogen-bond acceptors (Lipinski definition) is 5. The lowest BCUT2D eigenvalue weighted by Crippen LogP contribution is -2.50. The maximum Gasteiger partial charge on any atom is 0.407 e. The molecule has 2 fully saturated rings. The van der Waals surface area contributed by atoms with Gasteiger partial charge in [0, 0.05) is 49.2 Å². The van der Waals surface area contributed by atoms with Crippen LogP contribution in [0.2, 0.25) is 0 Å². The first-order valence-electron chi connectivity index (χ1n) is 14.5. The van der Waals surface area contributed by atoms with Gasteiger partial charge in [0.2, 0.25) is 0 Å². The van der Waals surface area contributed by atoms with E-state index >= 15 is 0 Å². The molecule has 0 unspecified atom stereocenters. The number of aryl methyl sites for hydroxylation is 1. The highest BCUT2D eigenvalue weighted by Crippen LogP contribution is 2.38. The number of imidazole rings is 1. The van der Waals surface area contributed by atoms with Gasteiger partial charge in [-0.3, -0.25) is 4.79 Å². The largest absolute Gasteiger partial charge is 0.494 e. The lowest BCUT2D eigenvalue weighted by molar-refractivity contribution is 0.0452. The number of ether oxygens (including phenoxy) is 2. The summed E-state index contributed by atoms with van der Waals surface area (Å²) in [7, 11) is 3.63. The number of aromatic nitrogens is 3. The van der Waals surface area contributed by atoms with Crippen molar-refractivity contribution in [2.45, 2.75) is 64.6 Å². The molecule has 1 aliphatic carbocycles. The number of carbonyl (C=O) groups is 2. The van der Waals surface area contributed by atoms with Crippen LogP contribution in [0.1, 0.15) is 56.8 Å². The zero-order chi connectivity index (χ0) is 28.9. The third-order valence-corrected chi connectivity index (χ3v) is 8.01. The lowest BCUT2D eigenvalue weighted by Gasteiger charge is -2.33. The molecule has 9 nitrogen and oxygen atoms in total. The predicted octanol–water partition coefficient (Wildman–Crippen LogP) is 5.74. The van der Waals surface area contributed by atoms with E-state index in [9.17, 15) is 9.59 Å². The zero-order valence-electron chi connectivity index (χ0n) is 24.6. The Kier molecular flexibility index (Phi) is 6.91. The Morgan fingerprint density at radius 3 is 2.61 bits per heavy atom. The highest BCUT2D eigenvalue weighted by molar-refractivity contribution is 6.00. The molecule has 1 atom stereocenters. The molecule has 2 aromatic heterocycles. The number of methoxy groups -OCH3 is 1. The number of nitrogens with zero attached hydrogens (tertiary/aromatic N) is 4. The molecule has 3 heterocycles. The molecule has 2 aromatic carbocycles. The van der Waals surface area contributed by atoms with E-state index in [1.54, 1.807) is 18.1 Å². The van der Waals surface area contributed by atoms with Crippen molar-refractivity contribution in [3.63, 3.8) is 0 Å². The third-order valence-electron chi connectivity index (χ3n) is 8.01. The topological polar surface area (TPSA) is 90.6 Å². The summed E-state index contributed by atoms with van der Waals surface area (Å²) in [5.41, 5.74) is 3.80. The SMILES string of the molecule is COc1cc(C(=O)N2CCC[C@@H](NC(=O)OC(C)(C)C)C2)cc2nc(-c3cc4ccccc4n3CC3CC3)n(C)c12. The van der Waals surface area contributed by atoms with E-state index in [1.165, 1.54) is 23.7 Å². The molecule has 1 saturated carbocycles. The van der Waals surface area contributed by atoms with Crippen LogP contribution >= 0.6 is 0 Å². The molecular weight excluding hydrogens is 518 g/mol. The number of amides is 2. The number of hydrogen-bond donors (Lipinski definition) is 1. The van der Waals surface area contributed by atoms with Gasteiger partial charge in [-0.15, -0.1) is 0 Å². The number of para-hydroxylation sites is 1. The van der Waals surface area contributed by atoms with E-state index in [4.69, 9.17) is 14.5 Å². The zero-order valence-corrected chi connectivity index (χ0v) is 24.6. The van der Waals surface area contributed by atoms with Crippen molar-refractivity contribution in [3.8, 4) is 17.3 Å². The maximum atomic E-state index is 13.7. The van der Waals surface area contributed by atoms with Crippen LogP contribution in [0.25, 0.3) is 33.5 Å². The molecule has 41 heavy (non-hydrogen) atoms. The quantitative estimate of drug-likeness (QED) is 0.326. The highest BCUT2D eigenvalue weighted by atomic mass is 16.6. The van der Waals surface area contributed by atoms with Crippen molar-refractivity contribution in [2.75, 3.05) is 20.2 Å². The first-order chi connectivity index (χ1) is 19.6. The van der Waals surface area contributed by atoms with Gasteiger partial charge in [0.05, 0.1) is 18.3 Å². The minimum atomic E-state index is -0.575. The van der Waals surface area contributed by atoms with Crippen molar-refractivity contribution in [1.29, 1.82) is 0 Å². The first kappa shape index (κ1) is 27.2. The van der Waals surface area contributed by atoms with E-state index in [2.05, 4.69) is 44.8 Å². The number of nitrogens with one attached hydrogen (secondary N) is 1. The molecule has 2 amide bonds. The summed E-state index contributed by atoms with van der Waals surface area (Å²) in [6.45, 7) is 7.53. The van der Waals surface area contributed by atoms with Crippen molar-refractivity contribution >= 4 is 33.9 Å². The van der Waals surface area contributed by atoms with Crippen LogP contribution in [0.5, 0.6) is 5.75 Å². The first-order valence-corrected chi connectivity index (χ1v) is 14.5. The van der Waals surface area contributed by atoms with Gasteiger partial charge in [-0.25, -0.2) is 9.78 Å². The van der Waals surface area contributed by atoms with Crippen LogP contribution in [0.15, 0.2) is 42.5 Å². The summed E-state index contributed by atoms with van der Waals surface area (Å²) < 4.78 is 15.7. The van der Waals surface area contributed by atoms with E-state index in [-0.39, 0.29) is 11.9 Å². The fourth-order valence-electron chi connectivity index (χ4n) is 5.91. The fourth-order valence-corrected chi connectivity index (χ4v) is 5.91. The van der Waals surface area contributed by atoms with Gasteiger partial charge >= 0.3 is 6.09 Å². The monoisotopic (exact) mass is 557 g/mol. The van der Waals surface area contributed by atoms with Crippen molar-refractivity contribution < 1.29 is 19.1 Å².